The second kappa shape index (κ2) is 7.80. The number of ether oxygens (including phenoxy) is 1. The number of allylic oxidation sites excluding steroid dienone is 1. The summed E-state index contributed by atoms with van der Waals surface area (Å²) in [6.45, 7) is 5.01. The first-order valence-electron chi connectivity index (χ1n) is 7.18. The number of methoxy groups -OCH3 is 1. The maximum Gasteiger partial charge on any atom is 0.247 e. The fourth-order valence-electron chi connectivity index (χ4n) is 2.18. The van der Waals surface area contributed by atoms with Crippen molar-refractivity contribution in [2.24, 2.45) is 0 Å². The summed E-state index contributed by atoms with van der Waals surface area (Å²) in [5.41, 5.74) is 2.01. The summed E-state index contributed by atoms with van der Waals surface area (Å²) in [4.78, 5) is 15.5. The number of amides is 1. The molecule has 1 aromatic carbocycles. The Morgan fingerprint density at radius 3 is 2.59 bits per heavy atom. The molecule has 0 bridgehead atoms. The molecule has 0 unspecified atom stereocenters. The maximum atomic E-state index is 12.5. The Labute approximate surface area is 135 Å². The van der Waals surface area contributed by atoms with E-state index in [-0.39, 0.29) is 5.91 Å². The Morgan fingerprint density at radius 1 is 1.18 bits per heavy atom. The lowest BCUT2D eigenvalue weighted by Crippen LogP contribution is -2.28. The van der Waals surface area contributed by atoms with Crippen LogP contribution in [0.3, 0.4) is 0 Å². The first-order chi connectivity index (χ1) is 10.6. The highest BCUT2D eigenvalue weighted by Gasteiger charge is 2.15. The van der Waals surface area contributed by atoms with Gasteiger partial charge in [0.15, 0.2) is 0 Å². The molecule has 0 aliphatic carbocycles. The Bertz CT molecular complexity index is 643. The molecular formula is C18H21NO2S. The van der Waals surface area contributed by atoms with Gasteiger partial charge >= 0.3 is 0 Å². The summed E-state index contributed by atoms with van der Waals surface area (Å²) in [5.74, 6) is 0.836. The van der Waals surface area contributed by atoms with Crippen LogP contribution in [0.2, 0.25) is 0 Å². The molecule has 1 heterocycles. The third kappa shape index (κ3) is 4.46. The van der Waals surface area contributed by atoms with E-state index in [1.807, 2.05) is 54.5 Å². The molecule has 22 heavy (non-hydrogen) atoms. The van der Waals surface area contributed by atoms with E-state index in [0.717, 1.165) is 16.9 Å². The van der Waals surface area contributed by atoms with Gasteiger partial charge in [0.2, 0.25) is 5.91 Å². The van der Waals surface area contributed by atoms with Crippen molar-refractivity contribution < 1.29 is 9.53 Å². The number of para-hydroxylation sites is 1. The molecule has 1 aromatic heterocycles. The van der Waals surface area contributed by atoms with Crippen LogP contribution in [0.4, 0.5) is 0 Å². The molecule has 2 aromatic rings. The van der Waals surface area contributed by atoms with E-state index in [1.165, 1.54) is 4.88 Å². The van der Waals surface area contributed by atoms with E-state index in [4.69, 9.17) is 4.74 Å². The van der Waals surface area contributed by atoms with Crippen molar-refractivity contribution in [3.05, 3.63) is 63.9 Å². The molecule has 4 heteroatoms. The van der Waals surface area contributed by atoms with Crippen molar-refractivity contribution in [3.63, 3.8) is 0 Å². The van der Waals surface area contributed by atoms with Crippen LogP contribution in [0.25, 0.3) is 0 Å². The minimum Gasteiger partial charge on any atom is -0.496 e. The van der Waals surface area contributed by atoms with Gasteiger partial charge in [-0.1, -0.05) is 29.8 Å². The highest BCUT2D eigenvalue weighted by atomic mass is 32.1. The minimum atomic E-state index is 0.0271. The Kier molecular flexibility index (Phi) is 5.78. The summed E-state index contributed by atoms with van der Waals surface area (Å²) in [6, 6.07) is 11.9. The second-order valence-electron chi connectivity index (χ2n) is 5.31. The summed E-state index contributed by atoms with van der Waals surface area (Å²) in [6.07, 6.45) is 1.68. The SMILES string of the molecule is COc1ccccc1CN(Cc1cccs1)C(=O)C=C(C)C. The Balaban J connectivity index is 2.23. The summed E-state index contributed by atoms with van der Waals surface area (Å²) in [5, 5.41) is 2.03. The summed E-state index contributed by atoms with van der Waals surface area (Å²) < 4.78 is 5.39. The van der Waals surface area contributed by atoms with Crippen LogP contribution < -0.4 is 4.74 Å². The first-order valence-corrected chi connectivity index (χ1v) is 8.06. The molecule has 0 aliphatic rings. The van der Waals surface area contributed by atoms with E-state index in [9.17, 15) is 4.79 Å². The van der Waals surface area contributed by atoms with Crippen LogP contribution in [0, 0.1) is 0 Å². The van der Waals surface area contributed by atoms with Crippen LogP contribution in [0.1, 0.15) is 24.3 Å². The second-order valence-corrected chi connectivity index (χ2v) is 6.34. The molecule has 0 saturated carbocycles. The van der Waals surface area contributed by atoms with Crippen molar-refractivity contribution >= 4 is 17.2 Å². The smallest absolute Gasteiger partial charge is 0.247 e. The van der Waals surface area contributed by atoms with Crippen LogP contribution >= 0.6 is 11.3 Å². The maximum absolute atomic E-state index is 12.5. The number of hydrogen-bond acceptors (Lipinski definition) is 3. The van der Waals surface area contributed by atoms with Gasteiger partial charge in [-0.3, -0.25) is 4.79 Å². The molecule has 0 N–H and O–H groups in total. The van der Waals surface area contributed by atoms with Gasteiger partial charge in [-0.2, -0.15) is 0 Å². The zero-order valence-corrected chi connectivity index (χ0v) is 14.0. The van der Waals surface area contributed by atoms with Gasteiger partial charge in [0.1, 0.15) is 5.75 Å². The predicted octanol–water partition coefficient (Wildman–Crippen LogP) is 4.25. The van der Waals surface area contributed by atoms with E-state index >= 15 is 0 Å². The molecule has 0 saturated heterocycles. The molecule has 116 valence electrons. The van der Waals surface area contributed by atoms with Crippen LogP contribution in [0.15, 0.2) is 53.4 Å². The Hall–Kier alpha value is -2.07. The molecule has 0 atom stereocenters. The molecule has 2 rings (SSSR count). The van der Waals surface area contributed by atoms with Crippen molar-refractivity contribution in [2.75, 3.05) is 7.11 Å². The van der Waals surface area contributed by atoms with Crippen molar-refractivity contribution in [3.8, 4) is 5.75 Å². The number of rotatable bonds is 6. The number of hydrogen-bond donors (Lipinski definition) is 0. The molecule has 0 fully saturated rings. The largest absolute Gasteiger partial charge is 0.496 e. The predicted molar refractivity (Wildman–Crippen MR) is 91.0 cm³/mol. The fourth-order valence-corrected chi connectivity index (χ4v) is 2.90. The Morgan fingerprint density at radius 2 is 1.95 bits per heavy atom. The molecular weight excluding hydrogens is 294 g/mol. The van der Waals surface area contributed by atoms with Crippen LogP contribution in [0.5, 0.6) is 5.75 Å². The van der Waals surface area contributed by atoms with E-state index < -0.39 is 0 Å². The molecule has 1 amide bonds. The number of thiophene rings is 1. The van der Waals surface area contributed by atoms with Crippen LogP contribution in [-0.2, 0) is 17.9 Å². The normalized spacial score (nSPS) is 10.1. The highest BCUT2D eigenvalue weighted by molar-refractivity contribution is 7.09. The summed E-state index contributed by atoms with van der Waals surface area (Å²) in [7, 11) is 1.65. The zero-order chi connectivity index (χ0) is 15.9. The van der Waals surface area contributed by atoms with E-state index in [1.54, 1.807) is 24.5 Å². The average molecular weight is 315 g/mol. The first kappa shape index (κ1) is 16.3. The van der Waals surface area contributed by atoms with Gasteiger partial charge < -0.3 is 9.64 Å². The third-order valence-electron chi connectivity index (χ3n) is 3.20. The van der Waals surface area contributed by atoms with Gasteiger partial charge in [-0.05, 0) is 31.4 Å². The number of carbonyl (C=O) groups is 1. The van der Waals surface area contributed by atoms with Gasteiger partial charge in [0.05, 0.1) is 13.7 Å². The zero-order valence-electron chi connectivity index (χ0n) is 13.2. The van der Waals surface area contributed by atoms with Gasteiger partial charge in [0.25, 0.3) is 0 Å². The average Bonchev–Trinajstić information content (AvgIpc) is 2.99. The van der Waals surface area contributed by atoms with E-state index in [0.29, 0.717) is 13.1 Å². The minimum absolute atomic E-state index is 0.0271. The van der Waals surface area contributed by atoms with Crippen LogP contribution in [-0.4, -0.2) is 17.9 Å². The van der Waals surface area contributed by atoms with Crippen molar-refractivity contribution in [2.45, 2.75) is 26.9 Å². The van der Waals surface area contributed by atoms with Gasteiger partial charge in [-0.25, -0.2) is 0 Å². The number of nitrogens with zero attached hydrogens (tertiary/aromatic N) is 1. The molecule has 0 aliphatic heterocycles. The third-order valence-corrected chi connectivity index (χ3v) is 4.07. The molecule has 0 radical (unpaired) electrons. The highest BCUT2D eigenvalue weighted by Crippen LogP contribution is 2.21. The number of carbonyl (C=O) groups excluding carboxylic acids is 1. The van der Waals surface area contributed by atoms with Crippen molar-refractivity contribution in [1.82, 2.24) is 4.90 Å². The van der Waals surface area contributed by atoms with Gasteiger partial charge in [0, 0.05) is 23.1 Å². The van der Waals surface area contributed by atoms with E-state index in [2.05, 4.69) is 6.07 Å². The molecule has 3 nitrogen and oxygen atoms in total. The lowest BCUT2D eigenvalue weighted by atomic mass is 10.1. The number of benzene rings is 1. The summed E-state index contributed by atoms with van der Waals surface area (Å²) >= 11 is 1.66. The monoisotopic (exact) mass is 315 g/mol. The quantitative estimate of drug-likeness (QED) is 0.746. The molecule has 0 spiro atoms. The topological polar surface area (TPSA) is 29.5 Å². The lowest BCUT2D eigenvalue weighted by molar-refractivity contribution is -0.127. The fraction of sp³-hybridized carbons (Fsp3) is 0.278. The van der Waals surface area contributed by atoms with Crippen molar-refractivity contribution in [1.29, 1.82) is 0 Å². The lowest BCUT2D eigenvalue weighted by Gasteiger charge is -2.22. The standard InChI is InChI=1S/C18H21NO2S/c1-14(2)11-18(20)19(13-16-8-6-10-22-16)12-15-7-4-5-9-17(15)21-3/h4-11H,12-13H2,1-3H3. The van der Waals surface area contributed by atoms with Gasteiger partial charge in [-0.15, -0.1) is 11.3 Å².